The first-order valence-electron chi connectivity index (χ1n) is 10.7. The van der Waals surface area contributed by atoms with Crippen LogP contribution in [0.3, 0.4) is 0 Å². The maximum Gasteiger partial charge on any atom is 0.300 e. The lowest BCUT2D eigenvalue weighted by Crippen LogP contribution is -2.30. The normalized spacial score (nSPS) is 28.5. The number of benzene rings is 1. The van der Waals surface area contributed by atoms with Gasteiger partial charge in [-0.05, 0) is 68.1 Å². The minimum absolute atomic E-state index is 0.120. The quantitative estimate of drug-likeness (QED) is 0.802. The van der Waals surface area contributed by atoms with Gasteiger partial charge in [-0.2, -0.15) is 4.98 Å². The zero-order chi connectivity index (χ0) is 19.1. The van der Waals surface area contributed by atoms with Gasteiger partial charge in [0.05, 0.1) is 6.54 Å². The van der Waals surface area contributed by atoms with E-state index >= 15 is 0 Å². The number of aryl methyl sites for hydroxylation is 1. The first-order valence-corrected chi connectivity index (χ1v) is 10.7. The zero-order valence-corrected chi connectivity index (χ0v) is 16.5. The smallest absolute Gasteiger partial charge is 0.300 e. The van der Waals surface area contributed by atoms with Crippen LogP contribution < -0.4 is 15.0 Å². The molecule has 2 heterocycles. The maximum atomic E-state index is 11.5. The van der Waals surface area contributed by atoms with Crippen molar-refractivity contribution in [3.8, 4) is 11.8 Å². The second-order valence-electron chi connectivity index (χ2n) is 8.66. The van der Waals surface area contributed by atoms with E-state index in [1.165, 1.54) is 50.2 Å². The molecule has 1 aromatic heterocycles. The number of hydrogen-bond acceptors (Lipinski definition) is 4. The summed E-state index contributed by atoms with van der Waals surface area (Å²) in [6, 6.07) is 10.7. The van der Waals surface area contributed by atoms with E-state index < -0.39 is 0 Å². The van der Waals surface area contributed by atoms with Crippen LogP contribution in [0.1, 0.15) is 55.7 Å². The number of aromatic nitrogens is 2. The monoisotopic (exact) mass is 380 g/mol. The lowest BCUT2D eigenvalue weighted by atomic mass is 9.62. The van der Waals surface area contributed by atoms with Crippen molar-refractivity contribution in [1.82, 2.24) is 9.55 Å². The lowest BCUT2D eigenvalue weighted by molar-refractivity contribution is 0.143. The number of hydrogen-bond donors (Lipinski definition) is 0. The van der Waals surface area contributed by atoms with Crippen LogP contribution in [-0.2, 0) is 6.54 Å². The Labute approximate surface area is 165 Å². The molecule has 0 amide bonds. The molecule has 5 rings (SSSR count). The Bertz CT molecular complexity index is 883. The van der Waals surface area contributed by atoms with E-state index in [9.17, 15) is 4.79 Å². The van der Waals surface area contributed by atoms with Gasteiger partial charge in [-0.15, -0.1) is 0 Å². The third-order valence-electron chi connectivity index (χ3n) is 6.87. The van der Waals surface area contributed by atoms with Gasteiger partial charge in [-0.1, -0.05) is 25.0 Å². The molecule has 5 heteroatoms. The van der Waals surface area contributed by atoms with Crippen LogP contribution in [0, 0.1) is 18.8 Å². The van der Waals surface area contributed by atoms with Gasteiger partial charge in [0.25, 0.3) is 11.6 Å². The van der Waals surface area contributed by atoms with Crippen molar-refractivity contribution >= 4 is 0 Å². The van der Waals surface area contributed by atoms with E-state index in [1.807, 2.05) is 11.5 Å². The molecular weight excluding hydrogens is 352 g/mol. The standard InChI is InChI=1S/C23H28N2O3/c1-15-12-21(26)24-23-25(15)13-20(28-23)14-27-19-10-8-18(9-11-19)22-16-4-2-5-17(22)7-3-6-16/h8-12,16-17,20,22H,2-7,13-14H2,1H3/t16?,17?,20-,22?/m0/s1. The minimum atomic E-state index is -0.256. The summed E-state index contributed by atoms with van der Waals surface area (Å²) in [5.74, 6) is 3.38. The summed E-state index contributed by atoms with van der Waals surface area (Å²) in [7, 11) is 0. The molecule has 0 saturated heterocycles. The molecule has 3 aliphatic rings. The van der Waals surface area contributed by atoms with Crippen molar-refractivity contribution in [2.75, 3.05) is 6.61 Å². The molecule has 5 nitrogen and oxygen atoms in total. The van der Waals surface area contributed by atoms with Crippen LogP contribution in [0.2, 0.25) is 0 Å². The van der Waals surface area contributed by atoms with Crippen molar-refractivity contribution in [1.29, 1.82) is 0 Å². The van der Waals surface area contributed by atoms with Crippen LogP contribution in [0.5, 0.6) is 11.8 Å². The van der Waals surface area contributed by atoms with Crippen LogP contribution >= 0.6 is 0 Å². The fourth-order valence-corrected chi connectivity index (χ4v) is 5.58. The van der Waals surface area contributed by atoms with Crippen LogP contribution in [-0.4, -0.2) is 22.3 Å². The number of rotatable bonds is 4. The van der Waals surface area contributed by atoms with Gasteiger partial charge >= 0.3 is 0 Å². The van der Waals surface area contributed by atoms with Crippen molar-refractivity contribution in [3.05, 3.63) is 51.9 Å². The zero-order valence-electron chi connectivity index (χ0n) is 16.5. The summed E-state index contributed by atoms with van der Waals surface area (Å²) >= 11 is 0. The van der Waals surface area contributed by atoms with Gasteiger partial charge in [0.15, 0.2) is 6.10 Å². The summed E-state index contributed by atoms with van der Waals surface area (Å²) in [5, 5.41) is 0. The highest BCUT2D eigenvalue weighted by atomic mass is 16.6. The number of ether oxygens (including phenoxy) is 2. The van der Waals surface area contributed by atoms with Crippen molar-refractivity contribution < 1.29 is 9.47 Å². The molecule has 2 bridgehead atoms. The molecule has 2 fully saturated rings. The minimum Gasteiger partial charge on any atom is -0.490 e. The highest BCUT2D eigenvalue weighted by Crippen LogP contribution is 2.49. The predicted octanol–water partition coefficient (Wildman–Crippen LogP) is 4.08. The van der Waals surface area contributed by atoms with Gasteiger partial charge < -0.3 is 9.47 Å². The molecule has 0 spiro atoms. The molecule has 2 saturated carbocycles. The second-order valence-corrected chi connectivity index (χ2v) is 8.66. The van der Waals surface area contributed by atoms with E-state index in [1.54, 1.807) is 0 Å². The number of fused-ring (bicyclic) bond motifs is 3. The lowest BCUT2D eigenvalue weighted by Gasteiger charge is -2.43. The average molecular weight is 380 g/mol. The Hall–Kier alpha value is -2.30. The average Bonchev–Trinajstić information content (AvgIpc) is 3.09. The van der Waals surface area contributed by atoms with E-state index in [-0.39, 0.29) is 11.7 Å². The summed E-state index contributed by atoms with van der Waals surface area (Å²) in [4.78, 5) is 15.5. The van der Waals surface area contributed by atoms with Gasteiger partial charge in [0.1, 0.15) is 12.4 Å². The Morgan fingerprint density at radius 1 is 1.11 bits per heavy atom. The van der Waals surface area contributed by atoms with Crippen LogP contribution in [0.25, 0.3) is 0 Å². The topological polar surface area (TPSA) is 53.4 Å². The van der Waals surface area contributed by atoms with Crippen LogP contribution in [0.15, 0.2) is 35.1 Å². The summed E-state index contributed by atoms with van der Waals surface area (Å²) in [5.41, 5.74) is 2.11. The molecule has 0 unspecified atom stereocenters. The van der Waals surface area contributed by atoms with Gasteiger partial charge in [0, 0.05) is 11.8 Å². The Morgan fingerprint density at radius 2 is 1.79 bits per heavy atom. The van der Waals surface area contributed by atoms with Crippen LogP contribution in [0.4, 0.5) is 0 Å². The molecular formula is C23H28N2O3. The molecule has 2 aromatic rings. The van der Waals surface area contributed by atoms with E-state index in [0.717, 1.165) is 29.2 Å². The fourth-order valence-electron chi connectivity index (χ4n) is 5.58. The number of nitrogens with zero attached hydrogens (tertiary/aromatic N) is 2. The highest BCUT2D eigenvalue weighted by Gasteiger charge is 2.37. The van der Waals surface area contributed by atoms with Gasteiger partial charge in [-0.3, -0.25) is 9.36 Å². The molecule has 1 aliphatic heterocycles. The first kappa shape index (κ1) is 17.8. The third kappa shape index (κ3) is 3.31. The van der Waals surface area contributed by atoms with E-state index in [0.29, 0.717) is 19.2 Å². The Balaban J connectivity index is 1.22. The third-order valence-corrected chi connectivity index (χ3v) is 6.87. The largest absolute Gasteiger partial charge is 0.490 e. The van der Waals surface area contributed by atoms with E-state index in [2.05, 4.69) is 29.2 Å². The molecule has 0 N–H and O–H groups in total. The Kier molecular flexibility index (Phi) is 4.61. The SMILES string of the molecule is Cc1cc(=O)nc2n1C[C@@H](COc1ccc(C3C4CCCC3CCC4)cc1)O2. The molecule has 1 atom stereocenters. The summed E-state index contributed by atoms with van der Waals surface area (Å²) in [6.45, 7) is 3.02. The summed E-state index contributed by atoms with van der Waals surface area (Å²) in [6.07, 6.45) is 8.30. The molecule has 1 aromatic carbocycles. The van der Waals surface area contributed by atoms with Gasteiger partial charge in [-0.25, -0.2) is 0 Å². The molecule has 0 radical (unpaired) electrons. The highest BCUT2D eigenvalue weighted by molar-refractivity contribution is 5.31. The first-order chi connectivity index (χ1) is 13.7. The van der Waals surface area contributed by atoms with Crippen molar-refractivity contribution in [2.45, 2.75) is 64.0 Å². The Morgan fingerprint density at radius 3 is 2.46 bits per heavy atom. The second kappa shape index (κ2) is 7.26. The molecule has 148 valence electrons. The molecule has 28 heavy (non-hydrogen) atoms. The fraction of sp³-hybridized carbons (Fsp3) is 0.565. The predicted molar refractivity (Wildman–Crippen MR) is 107 cm³/mol. The van der Waals surface area contributed by atoms with Crippen molar-refractivity contribution in [2.24, 2.45) is 11.8 Å². The van der Waals surface area contributed by atoms with Crippen molar-refractivity contribution in [3.63, 3.8) is 0 Å². The van der Waals surface area contributed by atoms with Gasteiger partial charge in [0.2, 0.25) is 0 Å². The van der Waals surface area contributed by atoms with E-state index in [4.69, 9.17) is 9.47 Å². The summed E-state index contributed by atoms with van der Waals surface area (Å²) < 4.78 is 13.7. The molecule has 2 aliphatic carbocycles. The maximum absolute atomic E-state index is 11.5.